The number of hydrogen-bond donors (Lipinski definition) is 1. The second kappa shape index (κ2) is 12.9. The summed E-state index contributed by atoms with van der Waals surface area (Å²) >= 11 is 0. The average molecular weight is 206 g/mol. The van der Waals surface area contributed by atoms with E-state index in [9.17, 15) is 0 Å². The fourth-order valence-electron chi connectivity index (χ4n) is 0.510. The Labute approximate surface area is 88.4 Å². The van der Waals surface area contributed by atoms with Crippen LogP contribution in [0.4, 0.5) is 0 Å². The van der Waals surface area contributed by atoms with Crippen LogP contribution >= 0.6 is 0 Å². The summed E-state index contributed by atoms with van der Waals surface area (Å²) in [6.45, 7) is 9.44. The highest BCUT2D eigenvalue weighted by Gasteiger charge is 1.94. The van der Waals surface area contributed by atoms with Crippen molar-refractivity contribution < 1.29 is 14.6 Å². The molecule has 0 aromatic carbocycles. The van der Waals surface area contributed by atoms with Gasteiger partial charge in [0.2, 0.25) is 0 Å². The molecule has 1 N–H and O–H groups in total. The van der Waals surface area contributed by atoms with Crippen LogP contribution in [0.2, 0.25) is 0 Å². The largest absolute Gasteiger partial charge is 0.394 e. The topological polar surface area (TPSA) is 38.7 Å². The maximum atomic E-state index is 8.06. The molecule has 1 aliphatic rings. The number of aliphatic hydroxyl groups is 1. The molecule has 14 heavy (non-hydrogen) atoms. The number of methoxy groups -OCH3 is 1. The van der Waals surface area contributed by atoms with Crippen LogP contribution in [0.15, 0.2) is 0 Å². The lowest BCUT2D eigenvalue weighted by molar-refractivity contribution is 0.134. The Balaban J connectivity index is 0. The molecule has 0 bridgehead atoms. The molecule has 0 atom stereocenters. The molecule has 1 aliphatic heterocycles. The van der Waals surface area contributed by atoms with Crippen LogP contribution in [0.3, 0.4) is 0 Å². The molecule has 0 saturated carbocycles. The van der Waals surface area contributed by atoms with E-state index in [0.717, 1.165) is 13.2 Å². The van der Waals surface area contributed by atoms with Crippen molar-refractivity contribution in [3.05, 3.63) is 0 Å². The van der Waals surface area contributed by atoms with E-state index in [1.165, 1.54) is 12.8 Å². The van der Waals surface area contributed by atoms with E-state index in [4.69, 9.17) is 14.6 Å². The fourth-order valence-corrected chi connectivity index (χ4v) is 0.510. The van der Waals surface area contributed by atoms with Crippen LogP contribution in [-0.4, -0.2) is 37.6 Å². The zero-order valence-corrected chi connectivity index (χ0v) is 10.2. The van der Waals surface area contributed by atoms with Crippen molar-refractivity contribution in [2.75, 3.05) is 20.3 Å². The van der Waals surface area contributed by atoms with Gasteiger partial charge in [-0.05, 0) is 40.5 Å². The summed E-state index contributed by atoms with van der Waals surface area (Å²) in [4.78, 5) is 0. The van der Waals surface area contributed by atoms with Gasteiger partial charge in [0.15, 0.2) is 0 Å². The Kier molecular flexibility index (Phi) is 15.0. The van der Waals surface area contributed by atoms with Gasteiger partial charge >= 0.3 is 0 Å². The summed E-state index contributed by atoms with van der Waals surface area (Å²) in [6.07, 6.45) is 2.77. The fraction of sp³-hybridized carbons (Fsp3) is 1.00. The van der Waals surface area contributed by atoms with E-state index in [1.807, 2.05) is 13.8 Å². The molecule has 0 aromatic heterocycles. The molecular formula is C11H26O3. The molecule has 1 fully saturated rings. The molecular weight excluding hydrogens is 180 g/mol. The number of aliphatic hydroxyl groups excluding tert-OH is 1. The quantitative estimate of drug-likeness (QED) is 0.715. The van der Waals surface area contributed by atoms with Crippen LogP contribution in [0.5, 0.6) is 0 Å². The second-order valence-electron chi connectivity index (χ2n) is 3.70. The minimum absolute atomic E-state index is 0.167. The predicted octanol–water partition coefficient (Wildman–Crippen LogP) is 2.23. The maximum Gasteiger partial charge on any atom is 0.0515 e. The Morgan fingerprint density at radius 2 is 1.36 bits per heavy atom. The van der Waals surface area contributed by atoms with E-state index in [0.29, 0.717) is 6.10 Å². The highest BCUT2D eigenvalue weighted by molar-refractivity contribution is 4.43. The van der Waals surface area contributed by atoms with E-state index < -0.39 is 0 Å². The van der Waals surface area contributed by atoms with Gasteiger partial charge in [0.05, 0.1) is 6.10 Å². The minimum Gasteiger partial charge on any atom is -0.394 e. The summed E-state index contributed by atoms with van der Waals surface area (Å²) in [5, 5.41) is 8.06. The first kappa shape index (κ1) is 16.3. The first-order valence-corrected chi connectivity index (χ1v) is 5.29. The Morgan fingerprint density at radius 3 is 1.43 bits per heavy atom. The second-order valence-corrected chi connectivity index (χ2v) is 3.70. The zero-order valence-electron chi connectivity index (χ0n) is 10.2. The molecule has 0 amide bonds. The van der Waals surface area contributed by atoms with Crippen molar-refractivity contribution in [1.82, 2.24) is 0 Å². The van der Waals surface area contributed by atoms with Crippen LogP contribution < -0.4 is 0 Å². The number of hydrogen-bond acceptors (Lipinski definition) is 3. The average Bonchev–Trinajstić information content (AvgIpc) is 2.59. The lowest BCUT2D eigenvalue weighted by Crippen LogP contribution is -1.94. The van der Waals surface area contributed by atoms with E-state index >= 15 is 0 Å². The molecule has 1 rings (SSSR count). The molecule has 1 heterocycles. The molecule has 0 unspecified atom stereocenters. The lowest BCUT2D eigenvalue weighted by Gasteiger charge is -1.94. The van der Waals surface area contributed by atoms with Crippen LogP contribution in [0, 0.1) is 0 Å². The van der Waals surface area contributed by atoms with Gasteiger partial charge in [0, 0.05) is 26.4 Å². The zero-order chi connectivity index (χ0) is 11.4. The van der Waals surface area contributed by atoms with Gasteiger partial charge in [-0.2, -0.15) is 0 Å². The first-order valence-electron chi connectivity index (χ1n) is 5.29. The van der Waals surface area contributed by atoms with Crippen molar-refractivity contribution in [1.29, 1.82) is 0 Å². The van der Waals surface area contributed by atoms with Gasteiger partial charge in [-0.3, -0.25) is 0 Å². The van der Waals surface area contributed by atoms with E-state index in [1.54, 1.807) is 21.0 Å². The van der Waals surface area contributed by atoms with E-state index in [2.05, 4.69) is 0 Å². The van der Waals surface area contributed by atoms with Gasteiger partial charge in [-0.15, -0.1) is 0 Å². The van der Waals surface area contributed by atoms with Gasteiger partial charge in [0.1, 0.15) is 0 Å². The molecule has 1 saturated heterocycles. The van der Waals surface area contributed by atoms with Gasteiger partial charge < -0.3 is 14.6 Å². The molecule has 88 valence electrons. The van der Waals surface area contributed by atoms with Crippen molar-refractivity contribution in [3.8, 4) is 0 Å². The molecule has 3 nitrogen and oxygen atoms in total. The summed E-state index contributed by atoms with van der Waals surface area (Å²) in [7, 11) is 1.70. The van der Waals surface area contributed by atoms with Gasteiger partial charge in [-0.25, -0.2) is 0 Å². The lowest BCUT2D eigenvalue weighted by atomic mass is 10.4. The molecule has 3 heteroatoms. The van der Waals surface area contributed by atoms with Gasteiger partial charge in [-0.1, -0.05) is 0 Å². The maximum absolute atomic E-state index is 8.06. The highest BCUT2D eigenvalue weighted by atomic mass is 16.5. The van der Waals surface area contributed by atoms with E-state index in [-0.39, 0.29) is 6.10 Å². The smallest absolute Gasteiger partial charge is 0.0515 e. The summed E-state index contributed by atoms with van der Waals surface area (Å²) in [5.74, 6) is 0. The summed E-state index contributed by atoms with van der Waals surface area (Å²) in [6, 6.07) is 0. The normalized spacial score (nSPS) is 14.6. The molecule has 0 aliphatic carbocycles. The molecule has 0 aromatic rings. The van der Waals surface area contributed by atoms with Crippen LogP contribution in [-0.2, 0) is 9.47 Å². The first-order chi connectivity index (χ1) is 6.50. The summed E-state index contributed by atoms with van der Waals surface area (Å²) in [5.41, 5.74) is 0. The van der Waals surface area contributed by atoms with Crippen LogP contribution in [0.1, 0.15) is 40.5 Å². The minimum atomic E-state index is -0.167. The standard InChI is InChI=1S/C4H8O.C4H10O.C3H8O/c1-2-4-5-3-1;1-4(2)5-3;1-3(2)4/h1-4H2;4H,1-3H3;3-4H,1-2H3. The third kappa shape index (κ3) is 29.7. The van der Waals surface area contributed by atoms with Gasteiger partial charge in [0.25, 0.3) is 0 Å². The third-order valence-corrected chi connectivity index (χ3v) is 1.30. The van der Waals surface area contributed by atoms with Crippen molar-refractivity contribution >= 4 is 0 Å². The van der Waals surface area contributed by atoms with Crippen LogP contribution in [0.25, 0.3) is 0 Å². The molecule has 0 spiro atoms. The molecule has 0 radical (unpaired) electrons. The highest BCUT2D eigenvalue weighted by Crippen LogP contribution is 1.98. The Bertz CT molecular complexity index is 78.2. The van der Waals surface area contributed by atoms with Crippen molar-refractivity contribution in [2.45, 2.75) is 52.7 Å². The third-order valence-electron chi connectivity index (χ3n) is 1.30. The summed E-state index contributed by atoms with van der Waals surface area (Å²) < 4.78 is 9.69. The Hall–Kier alpha value is -0.120. The monoisotopic (exact) mass is 206 g/mol. The predicted molar refractivity (Wildman–Crippen MR) is 59.6 cm³/mol. The number of ether oxygens (including phenoxy) is 2. The SMILES string of the molecule is C1CCOC1.CC(C)O.COC(C)C. The number of rotatable bonds is 1. The Morgan fingerprint density at radius 1 is 1.07 bits per heavy atom. The van der Waals surface area contributed by atoms with Crippen molar-refractivity contribution in [3.63, 3.8) is 0 Å². The van der Waals surface area contributed by atoms with Crippen molar-refractivity contribution in [2.24, 2.45) is 0 Å².